The average molecular weight is 579 g/mol. The van der Waals surface area contributed by atoms with Crippen molar-refractivity contribution in [1.82, 2.24) is 19.5 Å². The number of aromatic nitrogens is 4. The van der Waals surface area contributed by atoms with E-state index in [1.54, 1.807) is 19.6 Å². The van der Waals surface area contributed by atoms with Crippen LogP contribution in [0.5, 0.6) is 5.75 Å². The molecule has 6 aromatic rings. The molecule has 0 amide bonds. The zero-order valence-electron chi connectivity index (χ0n) is 22.7. The van der Waals surface area contributed by atoms with Crippen LogP contribution in [0.2, 0.25) is 5.02 Å². The van der Waals surface area contributed by atoms with Gasteiger partial charge in [0, 0.05) is 39.9 Å². The molecule has 0 atom stereocenters. The highest BCUT2D eigenvalue weighted by atomic mass is 35.5. The van der Waals surface area contributed by atoms with Crippen LogP contribution in [0.25, 0.3) is 10.9 Å². The highest BCUT2D eigenvalue weighted by Crippen LogP contribution is 2.23. The summed E-state index contributed by atoms with van der Waals surface area (Å²) in [5, 5.41) is 12.6. The second kappa shape index (κ2) is 12.4. The number of fused-ring (bicyclic) bond motifs is 1. The Labute approximate surface area is 247 Å². The number of nitrogens with one attached hydrogen (secondary N) is 3. The van der Waals surface area contributed by atoms with Crippen molar-refractivity contribution in [3.05, 3.63) is 119 Å². The first-order valence-corrected chi connectivity index (χ1v) is 13.6. The molecule has 0 spiro atoms. The number of para-hydroxylation sites is 1. The first-order chi connectivity index (χ1) is 20.6. The van der Waals surface area contributed by atoms with E-state index in [1.807, 2.05) is 72.8 Å². The van der Waals surface area contributed by atoms with Gasteiger partial charge in [0.15, 0.2) is 0 Å². The molecule has 0 bridgehead atoms. The molecule has 0 radical (unpaired) electrons. The lowest BCUT2D eigenvalue weighted by Gasteiger charge is -2.10. The van der Waals surface area contributed by atoms with Crippen molar-refractivity contribution < 1.29 is 9.15 Å². The number of benzene rings is 3. The predicted molar refractivity (Wildman–Crippen MR) is 166 cm³/mol. The third kappa shape index (κ3) is 6.51. The minimum Gasteiger partial charge on any atom is -0.497 e. The number of nitrogens with zero attached hydrogens (tertiary/aromatic N) is 5. The lowest BCUT2D eigenvalue weighted by molar-refractivity contribution is 0.415. The topological polar surface area (TPSA) is 114 Å². The zero-order chi connectivity index (χ0) is 28.7. The Bertz CT molecular complexity index is 1800. The summed E-state index contributed by atoms with van der Waals surface area (Å²) in [4.78, 5) is 13.5. The molecule has 0 aliphatic carbocycles. The minimum atomic E-state index is 0.268. The fraction of sp³-hybridized carbons (Fsp3) is 0.0968. The molecular weight excluding hydrogens is 552 g/mol. The standard InChI is InChI=1S/C31H27ClN8O2/c1-41-25-14-12-24(13-15-25)35-30-36-29(33-18-26-5-4-16-42-26)37-31(38-30)39-34-17-22-20-40(28-7-3-2-6-27(22)28)19-21-8-10-23(32)11-9-21/h2-17,20H,18-19H2,1H3,(H3,33,35,36,37,38,39). The maximum atomic E-state index is 6.07. The van der Waals surface area contributed by atoms with Gasteiger partial charge in [-0.1, -0.05) is 41.9 Å². The molecule has 11 heteroatoms. The number of hydrogen-bond donors (Lipinski definition) is 3. The maximum absolute atomic E-state index is 6.07. The van der Waals surface area contributed by atoms with E-state index in [0.717, 1.165) is 44.2 Å². The van der Waals surface area contributed by atoms with Crippen molar-refractivity contribution in [1.29, 1.82) is 0 Å². The van der Waals surface area contributed by atoms with Crippen LogP contribution in [-0.4, -0.2) is 32.8 Å². The van der Waals surface area contributed by atoms with E-state index < -0.39 is 0 Å². The normalized spacial score (nSPS) is 11.2. The number of furan rings is 1. The molecule has 6 rings (SSSR count). The van der Waals surface area contributed by atoms with Crippen LogP contribution in [-0.2, 0) is 13.1 Å². The van der Waals surface area contributed by atoms with Crippen LogP contribution in [0.4, 0.5) is 23.5 Å². The number of halogens is 1. The van der Waals surface area contributed by atoms with Crippen molar-refractivity contribution in [3.8, 4) is 5.75 Å². The van der Waals surface area contributed by atoms with Crippen LogP contribution in [0.1, 0.15) is 16.9 Å². The van der Waals surface area contributed by atoms with E-state index in [4.69, 9.17) is 20.8 Å². The fourth-order valence-corrected chi connectivity index (χ4v) is 4.52. The molecule has 0 saturated heterocycles. The van der Waals surface area contributed by atoms with Gasteiger partial charge in [-0.25, -0.2) is 5.43 Å². The third-order valence-electron chi connectivity index (χ3n) is 6.44. The van der Waals surface area contributed by atoms with Crippen molar-refractivity contribution >= 4 is 52.3 Å². The molecule has 210 valence electrons. The Balaban J connectivity index is 1.23. The minimum absolute atomic E-state index is 0.268. The lowest BCUT2D eigenvalue weighted by atomic mass is 10.2. The van der Waals surface area contributed by atoms with Gasteiger partial charge in [0.1, 0.15) is 11.5 Å². The summed E-state index contributed by atoms with van der Waals surface area (Å²) >= 11 is 6.07. The number of rotatable bonds is 11. The number of methoxy groups -OCH3 is 1. The summed E-state index contributed by atoms with van der Waals surface area (Å²) in [5.74, 6) is 2.47. The van der Waals surface area contributed by atoms with E-state index in [9.17, 15) is 0 Å². The van der Waals surface area contributed by atoms with E-state index in [0.29, 0.717) is 25.0 Å². The summed E-state index contributed by atoms with van der Waals surface area (Å²) in [7, 11) is 1.63. The quantitative estimate of drug-likeness (QED) is 0.112. The van der Waals surface area contributed by atoms with Crippen LogP contribution in [0, 0.1) is 0 Å². The molecule has 3 N–H and O–H groups in total. The van der Waals surface area contributed by atoms with Crippen molar-refractivity contribution in [2.45, 2.75) is 13.1 Å². The maximum Gasteiger partial charge on any atom is 0.250 e. The third-order valence-corrected chi connectivity index (χ3v) is 6.69. The molecule has 0 aliphatic heterocycles. The average Bonchev–Trinajstić information content (AvgIpc) is 3.66. The van der Waals surface area contributed by atoms with Crippen molar-refractivity contribution in [2.24, 2.45) is 5.10 Å². The molecule has 0 saturated carbocycles. The lowest BCUT2D eigenvalue weighted by Crippen LogP contribution is -2.09. The monoisotopic (exact) mass is 578 g/mol. The van der Waals surface area contributed by atoms with Gasteiger partial charge in [-0.3, -0.25) is 0 Å². The largest absolute Gasteiger partial charge is 0.497 e. The SMILES string of the molecule is COc1ccc(Nc2nc(NCc3ccco3)nc(NN=Cc3cn(Cc4ccc(Cl)cc4)c4ccccc34)n2)cc1. The molecule has 10 nitrogen and oxygen atoms in total. The second-order valence-electron chi connectivity index (χ2n) is 9.32. The van der Waals surface area contributed by atoms with Crippen molar-refractivity contribution in [3.63, 3.8) is 0 Å². The Hall–Kier alpha value is -5.35. The van der Waals surface area contributed by atoms with Gasteiger partial charge >= 0.3 is 0 Å². The number of hydrogen-bond acceptors (Lipinski definition) is 9. The van der Waals surface area contributed by atoms with Gasteiger partial charge < -0.3 is 24.4 Å². The molecule has 0 unspecified atom stereocenters. The number of ether oxygens (including phenoxy) is 1. The Morgan fingerprint density at radius 3 is 2.48 bits per heavy atom. The van der Waals surface area contributed by atoms with E-state index in [2.05, 4.69) is 59.0 Å². The summed E-state index contributed by atoms with van der Waals surface area (Å²) in [6.07, 6.45) is 5.46. The summed E-state index contributed by atoms with van der Waals surface area (Å²) < 4.78 is 12.9. The Kier molecular flexibility index (Phi) is 7.96. The predicted octanol–water partition coefficient (Wildman–Crippen LogP) is 6.93. The van der Waals surface area contributed by atoms with E-state index in [1.165, 1.54) is 0 Å². The number of anilines is 4. The summed E-state index contributed by atoms with van der Waals surface area (Å²) in [6, 6.07) is 27.2. The summed E-state index contributed by atoms with van der Waals surface area (Å²) in [6.45, 7) is 1.12. The van der Waals surface area contributed by atoms with Gasteiger partial charge in [0.2, 0.25) is 17.8 Å². The van der Waals surface area contributed by atoms with Gasteiger partial charge in [-0.15, -0.1) is 0 Å². The van der Waals surface area contributed by atoms with Gasteiger partial charge in [-0.2, -0.15) is 20.1 Å². The second-order valence-corrected chi connectivity index (χ2v) is 9.76. The van der Waals surface area contributed by atoms with E-state index in [-0.39, 0.29) is 5.95 Å². The van der Waals surface area contributed by atoms with Crippen LogP contribution in [0.3, 0.4) is 0 Å². The molecule has 3 heterocycles. The van der Waals surface area contributed by atoms with Gasteiger partial charge in [-0.05, 0) is 60.2 Å². The first kappa shape index (κ1) is 26.9. The Morgan fingerprint density at radius 1 is 0.905 bits per heavy atom. The highest BCUT2D eigenvalue weighted by Gasteiger charge is 2.10. The van der Waals surface area contributed by atoms with Crippen molar-refractivity contribution in [2.75, 3.05) is 23.2 Å². The smallest absolute Gasteiger partial charge is 0.250 e. The number of hydrazone groups is 1. The fourth-order valence-electron chi connectivity index (χ4n) is 4.40. The van der Waals surface area contributed by atoms with Crippen LogP contribution >= 0.6 is 11.6 Å². The van der Waals surface area contributed by atoms with Gasteiger partial charge in [0.05, 0.1) is 26.1 Å². The molecule has 3 aromatic heterocycles. The molecule has 42 heavy (non-hydrogen) atoms. The van der Waals surface area contributed by atoms with Gasteiger partial charge in [0.25, 0.3) is 0 Å². The zero-order valence-corrected chi connectivity index (χ0v) is 23.4. The Morgan fingerprint density at radius 2 is 1.69 bits per heavy atom. The van der Waals surface area contributed by atoms with E-state index >= 15 is 0 Å². The van der Waals surface area contributed by atoms with Crippen LogP contribution in [0.15, 0.2) is 107 Å². The summed E-state index contributed by atoms with van der Waals surface area (Å²) in [5.41, 5.74) is 6.96. The highest BCUT2D eigenvalue weighted by molar-refractivity contribution is 6.30. The molecule has 0 fully saturated rings. The molecular formula is C31H27ClN8O2. The van der Waals surface area contributed by atoms with Crippen LogP contribution < -0.4 is 20.8 Å². The molecule has 0 aliphatic rings. The molecule has 3 aromatic carbocycles. The first-order valence-electron chi connectivity index (χ1n) is 13.2.